The van der Waals surface area contributed by atoms with Crippen LogP contribution in [-0.4, -0.2) is 6.21 Å². The van der Waals surface area contributed by atoms with E-state index in [1.54, 1.807) is 0 Å². The highest BCUT2D eigenvalue weighted by atomic mass is 14.7. The van der Waals surface area contributed by atoms with Gasteiger partial charge in [-0.25, -0.2) is 0 Å². The zero-order valence-electron chi connectivity index (χ0n) is 8.59. The van der Waals surface area contributed by atoms with Crippen LogP contribution >= 0.6 is 0 Å². The molecule has 0 aromatic rings. The van der Waals surface area contributed by atoms with Gasteiger partial charge in [-0.2, -0.15) is 0 Å². The number of rotatable bonds is 1. The van der Waals surface area contributed by atoms with Crippen LogP contribution in [0, 0.1) is 0 Å². The molecule has 1 nitrogen and oxygen atoms in total. The number of aliphatic imine (C=N–C) groups is 1. The van der Waals surface area contributed by atoms with Crippen LogP contribution in [0.25, 0.3) is 0 Å². The molecule has 0 saturated carbocycles. The van der Waals surface area contributed by atoms with Crippen molar-refractivity contribution in [1.29, 1.82) is 0 Å². The monoisotopic (exact) mass is 165 g/mol. The van der Waals surface area contributed by atoms with Gasteiger partial charge in [-0.05, 0) is 18.9 Å². The summed E-state index contributed by atoms with van der Waals surface area (Å²) in [6.07, 6.45) is 8.26. The first-order valence-electron chi connectivity index (χ1n) is 4.73. The second-order valence-electron chi connectivity index (χ2n) is 2.43. The van der Waals surface area contributed by atoms with Gasteiger partial charge in [0, 0.05) is 18.3 Å². The zero-order valence-corrected chi connectivity index (χ0v) is 8.59. The fourth-order valence-electron chi connectivity index (χ4n) is 1.04. The Bertz CT molecular complexity index is 197. The molecule has 0 spiro atoms. The third-order valence-corrected chi connectivity index (χ3v) is 1.65. The maximum Gasteiger partial charge on any atom is 0.0426 e. The Balaban J connectivity index is 0.000000561. The molecule has 1 rings (SSSR count). The third kappa shape index (κ3) is 3.51. The van der Waals surface area contributed by atoms with Crippen molar-refractivity contribution in [3.63, 3.8) is 0 Å². The normalized spacial score (nSPS) is 15.3. The van der Waals surface area contributed by atoms with Crippen molar-refractivity contribution < 1.29 is 0 Å². The smallest absolute Gasteiger partial charge is 0.0426 e. The first-order chi connectivity index (χ1) is 5.84. The number of hydrogen-bond acceptors (Lipinski definition) is 1. The van der Waals surface area contributed by atoms with Crippen molar-refractivity contribution in [3.05, 3.63) is 23.4 Å². The molecule has 68 valence electrons. The lowest BCUT2D eigenvalue weighted by Gasteiger charge is -1.97. The van der Waals surface area contributed by atoms with Gasteiger partial charge in [0.25, 0.3) is 0 Å². The molecule has 1 heteroatoms. The van der Waals surface area contributed by atoms with E-state index >= 15 is 0 Å². The lowest BCUT2D eigenvalue weighted by molar-refractivity contribution is 1.05. The quantitative estimate of drug-likeness (QED) is 0.561. The maximum atomic E-state index is 4.31. The van der Waals surface area contributed by atoms with Crippen LogP contribution in [-0.2, 0) is 0 Å². The fourth-order valence-corrected chi connectivity index (χ4v) is 1.04. The van der Waals surface area contributed by atoms with Gasteiger partial charge in [-0.15, -0.1) is 0 Å². The highest BCUT2D eigenvalue weighted by Gasteiger charge is 1.95. The Morgan fingerprint density at radius 3 is 2.67 bits per heavy atom. The summed E-state index contributed by atoms with van der Waals surface area (Å²) in [6, 6.07) is 0. The average molecular weight is 165 g/mol. The molecule has 0 N–H and O–H groups in total. The third-order valence-electron chi connectivity index (χ3n) is 1.65. The minimum atomic E-state index is 0.973. The molecule has 0 aromatic carbocycles. The van der Waals surface area contributed by atoms with Gasteiger partial charge >= 0.3 is 0 Å². The van der Waals surface area contributed by atoms with E-state index in [0.717, 1.165) is 12.8 Å². The second kappa shape index (κ2) is 6.84. The van der Waals surface area contributed by atoms with E-state index in [-0.39, 0.29) is 0 Å². The predicted octanol–water partition coefficient (Wildman–Crippen LogP) is 3.73. The average Bonchev–Trinajstić information content (AvgIpc) is 2.33. The highest BCUT2D eigenvalue weighted by Crippen LogP contribution is 2.13. The minimum absolute atomic E-state index is 0.973. The summed E-state index contributed by atoms with van der Waals surface area (Å²) in [4.78, 5) is 4.31. The van der Waals surface area contributed by atoms with Crippen LogP contribution < -0.4 is 0 Å². The Labute approximate surface area is 75.9 Å². The SMILES string of the molecule is CC.CCC1=C(C)C=CCC=N1. The Morgan fingerprint density at radius 1 is 1.42 bits per heavy atom. The van der Waals surface area contributed by atoms with E-state index in [4.69, 9.17) is 0 Å². The lowest BCUT2D eigenvalue weighted by atomic mass is 10.2. The van der Waals surface area contributed by atoms with Crippen molar-refractivity contribution in [2.75, 3.05) is 0 Å². The van der Waals surface area contributed by atoms with Crippen LogP contribution in [0.1, 0.15) is 40.5 Å². The van der Waals surface area contributed by atoms with Crippen LogP contribution in [0.3, 0.4) is 0 Å². The maximum absolute atomic E-state index is 4.31. The molecule has 0 saturated heterocycles. The molecule has 0 aromatic heterocycles. The van der Waals surface area contributed by atoms with E-state index in [0.29, 0.717) is 0 Å². The summed E-state index contributed by atoms with van der Waals surface area (Å²) in [6.45, 7) is 8.24. The van der Waals surface area contributed by atoms with Gasteiger partial charge in [-0.3, -0.25) is 4.99 Å². The molecule has 1 aliphatic heterocycles. The second-order valence-corrected chi connectivity index (χ2v) is 2.43. The molecule has 0 atom stereocenters. The lowest BCUT2D eigenvalue weighted by Crippen LogP contribution is -1.79. The largest absolute Gasteiger partial charge is 0.265 e. The molecule has 0 unspecified atom stereocenters. The van der Waals surface area contributed by atoms with Crippen molar-refractivity contribution in [1.82, 2.24) is 0 Å². The van der Waals surface area contributed by atoms with Gasteiger partial charge < -0.3 is 0 Å². The summed E-state index contributed by atoms with van der Waals surface area (Å²) >= 11 is 0. The van der Waals surface area contributed by atoms with Gasteiger partial charge in [0.1, 0.15) is 0 Å². The van der Waals surface area contributed by atoms with Gasteiger partial charge in [0.2, 0.25) is 0 Å². The Kier molecular flexibility index (Phi) is 6.35. The van der Waals surface area contributed by atoms with Crippen LogP contribution in [0.2, 0.25) is 0 Å². The summed E-state index contributed by atoms with van der Waals surface area (Å²) in [5.41, 5.74) is 2.52. The van der Waals surface area contributed by atoms with E-state index < -0.39 is 0 Å². The number of hydrogen-bond donors (Lipinski definition) is 0. The minimum Gasteiger partial charge on any atom is -0.265 e. The van der Waals surface area contributed by atoms with Gasteiger partial charge in [0.15, 0.2) is 0 Å². The van der Waals surface area contributed by atoms with Crippen molar-refractivity contribution in [2.24, 2.45) is 4.99 Å². The van der Waals surface area contributed by atoms with E-state index in [2.05, 4.69) is 31.0 Å². The number of nitrogens with zero attached hydrogens (tertiary/aromatic N) is 1. The highest BCUT2D eigenvalue weighted by molar-refractivity contribution is 5.62. The van der Waals surface area contributed by atoms with Crippen LogP contribution in [0.15, 0.2) is 28.4 Å². The zero-order chi connectivity index (χ0) is 9.40. The molecule has 12 heavy (non-hydrogen) atoms. The first kappa shape index (κ1) is 11.2. The summed E-state index contributed by atoms with van der Waals surface area (Å²) in [5.74, 6) is 0. The van der Waals surface area contributed by atoms with Crippen molar-refractivity contribution in [2.45, 2.75) is 40.5 Å². The summed E-state index contributed by atoms with van der Waals surface area (Å²) in [7, 11) is 0. The van der Waals surface area contributed by atoms with Crippen molar-refractivity contribution >= 4 is 6.21 Å². The standard InChI is InChI=1S/C9H13N.C2H6/c1-3-9-8(2)6-4-5-7-10-9;1-2/h4,6-7H,3,5H2,1-2H3;1-2H3. The van der Waals surface area contributed by atoms with E-state index in [1.165, 1.54) is 11.3 Å². The van der Waals surface area contributed by atoms with Gasteiger partial charge in [-0.1, -0.05) is 32.9 Å². The van der Waals surface area contributed by atoms with E-state index in [1.807, 2.05) is 20.1 Å². The number of allylic oxidation sites excluding steroid dienone is 4. The van der Waals surface area contributed by atoms with Crippen LogP contribution in [0.5, 0.6) is 0 Å². The predicted molar refractivity (Wildman–Crippen MR) is 56.6 cm³/mol. The Hall–Kier alpha value is -0.850. The Morgan fingerprint density at radius 2 is 2.08 bits per heavy atom. The molecule has 0 amide bonds. The molecule has 0 bridgehead atoms. The van der Waals surface area contributed by atoms with E-state index in [9.17, 15) is 0 Å². The van der Waals surface area contributed by atoms with Crippen LogP contribution in [0.4, 0.5) is 0 Å². The first-order valence-corrected chi connectivity index (χ1v) is 4.73. The van der Waals surface area contributed by atoms with Gasteiger partial charge in [0.05, 0.1) is 0 Å². The molecular formula is C11H19N. The molecular weight excluding hydrogens is 146 g/mol. The topological polar surface area (TPSA) is 12.4 Å². The molecule has 0 aliphatic carbocycles. The summed E-state index contributed by atoms with van der Waals surface area (Å²) < 4.78 is 0. The summed E-state index contributed by atoms with van der Waals surface area (Å²) in [5, 5.41) is 0. The molecule has 0 fully saturated rings. The van der Waals surface area contributed by atoms with Crippen molar-refractivity contribution in [3.8, 4) is 0 Å². The molecule has 1 aliphatic rings. The fraction of sp³-hybridized carbons (Fsp3) is 0.545. The molecule has 0 radical (unpaired) electrons. The molecule has 1 heterocycles.